The van der Waals surface area contributed by atoms with E-state index < -0.39 is 0 Å². The number of nitrogens with zero attached hydrogens (tertiary/aromatic N) is 5. The molecule has 9 nitrogen and oxygen atoms in total. The second-order valence-electron chi connectivity index (χ2n) is 5.31. The summed E-state index contributed by atoms with van der Waals surface area (Å²) in [6.45, 7) is 0. The maximum Gasteiger partial charge on any atom is 0.235 e. The van der Waals surface area contributed by atoms with Gasteiger partial charge in [0.25, 0.3) is 0 Å². The summed E-state index contributed by atoms with van der Waals surface area (Å²) in [6.07, 6.45) is 6.55. The second kappa shape index (κ2) is 5.17. The molecule has 0 amide bonds. The molecule has 0 spiro atoms. The molecule has 0 bridgehead atoms. The molecule has 1 aliphatic carbocycles. The Morgan fingerprint density at radius 2 is 2.32 bits per heavy atom. The molecule has 1 fully saturated rings. The van der Waals surface area contributed by atoms with Crippen molar-refractivity contribution in [1.29, 1.82) is 0 Å². The van der Waals surface area contributed by atoms with Gasteiger partial charge < -0.3 is 9.84 Å². The molecule has 2 atom stereocenters. The molecule has 3 aromatic rings. The summed E-state index contributed by atoms with van der Waals surface area (Å²) in [5.41, 5.74) is 0.708. The van der Waals surface area contributed by atoms with E-state index in [2.05, 4.69) is 35.6 Å². The lowest BCUT2D eigenvalue weighted by atomic mass is 10.1. The number of aromatic amines is 1. The highest BCUT2D eigenvalue weighted by molar-refractivity contribution is 5.85. The number of carbonyl (C=O) groups excluding carboxylic acids is 1. The molecule has 4 rings (SSSR count). The van der Waals surface area contributed by atoms with Gasteiger partial charge in [-0.15, -0.1) is 0 Å². The molecule has 0 aliphatic heterocycles. The second-order valence-corrected chi connectivity index (χ2v) is 5.31. The van der Waals surface area contributed by atoms with E-state index in [1.807, 2.05) is 0 Å². The largest absolute Gasteiger partial charge is 0.367 e. The maximum atomic E-state index is 10.6. The number of hydrogen-bond donors (Lipinski definition) is 2. The van der Waals surface area contributed by atoms with Crippen molar-refractivity contribution in [2.24, 2.45) is 0 Å². The van der Waals surface area contributed by atoms with Crippen LogP contribution in [0.4, 0.5) is 5.82 Å². The normalized spacial score (nSPS) is 21.3. The number of aldehydes is 1. The summed E-state index contributed by atoms with van der Waals surface area (Å²) < 4.78 is 5.14. The maximum absolute atomic E-state index is 10.6. The predicted octanol–water partition coefficient (Wildman–Crippen LogP) is 1.30. The number of H-pyrrole nitrogens is 1. The Bertz CT molecular complexity index is 811. The van der Waals surface area contributed by atoms with E-state index in [0.717, 1.165) is 30.5 Å². The predicted molar refractivity (Wildman–Crippen MR) is 75.4 cm³/mol. The molecule has 0 unspecified atom stereocenters. The lowest BCUT2D eigenvalue weighted by Gasteiger charge is -2.13. The van der Waals surface area contributed by atoms with Gasteiger partial charge >= 0.3 is 0 Å². The highest BCUT2D eigenvalue weighted by Crippen LogP contribution is 2.35. The summed E-state index contributed by atoms with van der Waals surface area (Å²) in [5, 5.41) is 14.7. The Balaban J connectivity index is 1.49. The third kappa shape index (κ3) is 2.20. The van der Waals surface area contributed by atoms with E-state index in [9.17, 15) is 4.79 Å². The van der Waals surface area contributed by atoms with Crippen molar-refractivity contribution in [3.63, 3.8) is 0 Å². The van der Waals surface area contributed by atoms with Crippen molar-refractivity contribution < 1.29 is 9.32 Å². The van der Waals surface area contributed by atoms with Crippen LogP contribution in [0, 0.1) is 0 Å². The molecule has 1 aliphatic rings. The van der Waals surface area contributed by atoms with Crippen LogP contribution in [0.15, 0.2) is 17.0 Å². The summed E-state index contributed by atoms with van der Waals surface area (Å²) in [5.74, 6) is 1.56. The molecule has 1 saturated carbocycles. The van der Waals surface area contributed by atoms with E-state index in [0.29, 0.717) is 17.8 Å². The van der Waals surface area contributed by atoms with Crippen LogP contribution in [-0.4, -0.2) is 42.6 Å². The van der Waals surface area contributed by atoms with Crippen molar-refractivity contribution >= 4 is 23.1 Å². The fourth-order valence-electron chi connectivity index (χ4n) is 2.87. The van der Waals surface area contributed by atoms with Gasteiger partial charge in [-0.2, -0.15) is 10.1 Å². The van der Waals surface area contributed by atoms with Crippen molar-refractivity contribution in [2.45, 2.75) is 31.2 Å². The standard InChI is InChI=1S/C13H13N7O2/c21-5-10-18-13(22-20-10)7-1-2-8(3-7)17-11-9-4-16-19-12(9)15-6-14-11/h4-8H,1-3H2,(H2,14,15,16,17,19)/t7-,8-/m0/s1. The summed E-state index contributed by atoms with van der Waals surface area (Å²) >= 11 is 0. The Labute approximate surface area is 124 Å². The molecular weight excluding hydrogens is 286 g/mol. The van der Waals surface area contributed by atoms with Crippen molar-refractivity contribution in [3.8, 4) is 0 Å². The van der Waals surface area contributed by atoms with E-state index in [1.165, 1.54) is 6.33 Å². The average Bonchev–Trinajstić information content (AvgIpc) is 3.27. The van der Waals surface area contributed by atoms with E-state index in [4.69, 9.17) is 4.52 Å². The van der Waals surface area contributed by atoms with Gasteiger partial charge in [-0.05, 0) is 19.3 Å². The lowest BCUT2D eigenvalue weighted by Crippen LogP contribution is -2.16. The molecule has 3 aromatic heterocycles. The molecular formula is C13H13N7O2. The third-order valence-electron chi connectivity index (χ3n) is 3.93. The molecule has 2 N–H and O–H groups in total. The number of anilines is 1. The van der Waals surface area contributed by atoms with Gasteiger partial charge in [0.2, 0.25) is 11.7 Å². The van der Waals surface area contributed by atoms with Gasteiger partial charge in [0.1, 0.15) is 12.1 Å². The first-order valence-electron chi connectivity index (χ1n) is 7.03. The Morgan fingerprint density at radius 1 is 1.36 bits per heavy atom. The number of carbonyl (C=O) groups is 1. The van der Waals surface area contributed by atoms with Gasteiger partial charge in [0.05, 0.1) is 11.6 Å². The van der Waals surface area contributed by atoms with Crippen LogP contribution in [0.25, 0.3) is 11.0 Å². The van der Waals surface area contributed by atoms with Gasteiger partial charge in [-0.25, -0.2) is 9.97 Å². The minimum absolute atomic E-state index is 0.0994. The summed E-state index contributed by atoms with van der Waals surface area (Å²) in [6, 6.07) is 0.254. The zero-order valence-corrected chi connectivity index (χ0v) is 11.6. The summed E-state index contributed by atoms with van der Waals surface area (Å²) in [4.78, 5) is 23.1. The Morgan fingerprint density at radius 3 is 3.18 bits per heavy atom. The van der Waals surface area contributed by atoms with E-state index >= 15 is 0 Å². The van der Waals surface area contributed by atoms with Crippen molar-refractivity contribution in [3.05, 3.63) is 24.2 Å². The van der Waals surface area contributed by atoms with Gasteiger partial charge in [0.15, 0.2) is 11.9 Å². The molecule has 0 radical (unpaired) electrons. The Hall–Kier alpha value is -2.84. The SMILES string of the molecule is O=Cc1noc([C@H]2CC[C@H](Nc3ncnc4[nH]ncc34)C2)n1. The highest BCUT2D eigenvalue weighted by Gasteiger charge is 2.30. The van der Waals surface area contributed by atoms with Crippen LogP contribution in [-0.2, 0) is 0 Å². The third-order valence-corrected chi connectivity index (χ3v) is 3.93. The number of rotatable bonds is 4. The van der Waals surface area contributed by atoms with Gasteiger partial charge in [-0.3, -0.25) is 9.89 Å². The van der Waals surface area contributed by atoms with Crippen LogP contribution in [0.2, 0.25) is 0 Å². The summed E-state index contributed by atoms with van der Waals surface area (Å²) in [7, 11) is 0. The fourth-order valence-corrected chi connectivity index (χ4v) is 2.87. The number of fused-ring (bicyclic) bond motifs is 1. The smallest absolute Gasteiger partial charge is 0.235 e. The van der Waals surface area contributed by atoms with Crippen LogP contribution in [0.5, 0.6) is 0 Å². The van der Waals surface area contributed by atoms with Crippen molar-refractivity contribution in [2.75, 3.05) is 5.32 Å². The molecule has 0 saturated heterocycles. The number of aromatic nitrogens is 6. The first kappa shape index (κ1) is 12.9. The monoisotopic (exact) mass is 299 g/mol. The molecule has 3 heterocycles. The topological polar surface area (TPSA) is 122 Å². The number of nitrogens with one attached hydrogen (secondary N) is 2. The highest BCUT2D eigenvalue weighted by atomic mass is 16.5. The molecule has 22 heavy (non-hydrogen) atoms. The van der Waals surface area contributed by atoms with E-state index in [1.54, 1.807) is 6.20 Å². The van der Waals surface area contributed by atoms with Crippen LogP contribution in [0.1, 0.15) is 41.7 Å². The molecule has 0 aromatic carbocycles. The number of hydrogen-bond acceptors (Lipinski definition) is 8. The first-order valence-corrected chi connectivity index (χ1v) is 7.03. The van der Waals surface area contributed by atoms with E-state index in [-0.39, 0.29) is 17.8 Å². The van der Waals surface area contributed by atoms with Crippen LogP contribution in [0.3, 0.4) is 0 Å². The first-order chi connectivity index (χ1) is 10.8. The Kier molecular flexibility index (Phi) is 3.02. The average molecular weight is 299 g/mol. The quantitative estimate of drug-likeness (QED) is 0.691. The molecule has 9 heteroatoms. The van der Waals surface area contributed by atoms with Crippen molar-refractivity contribution in [1.82, 2.24) is 30.3 Å². The van der Waals surface area contributed by atoms with Crippen LogP contribution >= 0.6 is 0 Å². The lowest BCUT2D eigenvalue weighted by molar-refractivity contribution is 0.111. The fraction of sp³-hybridized carbons (Fsp3) is 0.385. The zero-order chi connectivity index (χ0) is 14.9. The minimum Gasteiger partial charge on any atom is -0.367 e. The molecule has 112 valence electrons. The van der Waals surface area contributed by atoms with Gasteiger partial charge in [-0.1, -0.05) is 5.16 Å². The van der Waals surface area contributed by atoms with Gasteiger partial charge in [0, 0.05) is 12.0 Å². The van der Waals surface area contributed by atoms with Crippen LogP contribution < -0.4 is 5.32 Å². The minimum atomic E-state index is 0.0994. The zero-order valence-electron chi connectivity index (χ0n) is 11.6.